The number of carbonyl (C=O) groups excluding carboxylic acids is 1. The number of hydrogen-bond acceptors (Lipinski definition) is 4. The first-order valence-electron chi connectivity index (χ1n) is 12.3. The van der Waals surface area contributed by atoms with Gasteiger partial charge in [-0.25, -0.2) is 0 Å². The van der Waals surface area contributed by atoms with E-state index in [1.165, 1.54) is 44.9 Å². The molecule has 30 heavy (non-hydrogen) atoms. The van der Waals surface area contributed by atoms with Gasteiger partial charge in [-0.15, -0.1) is 0 Å². The van der Waals surface area contributed by atoms with Gasteiger partial charge in [0.15, 0.2) is 0 Å². The van der Waals surface area contributed by atoms with Crippen LogP contribution < -0.4 is 0 Å². The topological polar surface area (TPSA) is 62.6 Å². The third-order valence-electron chi connectivity index (χ3n) is 5.64. The first-order valence-corrected chi connectivity index (χ1v) is 12.3. The highest BCUT2D eigenvalue weighted by molar-refractivity contribution is 5.76. The minimum atomic E-state index is 0.260. The van der Waals surface area contributed by atoms with Crippen LogP contribution in [-0.4, -0.2) is 49.8 Å². The van der Waals surface area contributed by atoms with Crippen molar-refractivity contribution in [3.63, 3.8) is 0 Å². The molecule has 0 saturated carbocycles. The molecule has 1 saturated heterocycles. The van der Waals surface area contributed by atoms with Crippen LogP contribution >= 0.6 is 0 Å². The lowest BCUT2D eigenvalue weighted by molar-refractivity contribution is -0.135. The molecule has 0 radical (unpaired) electrons. The van der Waals surface area contributed by atoms with Crippen molar-refractivity contribution in [2.24, 2.45) is 0 Å². The number of hydrogen-bond donors (Lipinski definition) is 0. The number of nitrogens with zero attached hydrogens (tertiary/aromatic N) is 2. The second kappa shape index (κ2) is 19.6. The van der Waals surface area contributed by atoms with Gasteiger partial charge in [0.25, 0.3) is 0 Å². The van der Waals surface area contributed by atoms with Gasteiger partial charge in [-0.05, 0) is 32.1 Å². The normalized spacial score (nSPS) is 15.4. The van der Waals surface area contributed by atoms with Crippen molar-refractivity contribution in [1.82, 2.24) is 4.90 Å². The van der Waals surface area contributed by atoms with E-state index in [0.717, 1.165) is 45.2 Å². The lowest BCUT2D eigenvalue weighted by Crippen LogP contribution is -2.40. The number of allylic oxidation sites excluding steroid dienone is 1. The Hall–Kier alpha value is -1.38. The number of amides is 1. The lowest BCUT2D eigenvalue weighted by Gasteiger charge is -2.26. The molecule has 1 atom stereocenters. The van der Waals surface area contributed by atoms with E-state index in [-0.39, 0.29) is 6.10 Å². The van der Waals surface area contributed by atoms with Crippen LogP contribution in [0.25, 0.3) is 0 Å². The van der Waals surface area contributed by atoms with Gasteiger partial charge in [-0.3, -0.25) is 4.79 Å². The lowest BCUT2D eigenvalue weighted by atomic mass is 10.1. The molecule has 5 nitrogen and oxygen atoms in total. The predicted molar refractivity (Wildman–Crippen MR) is 122 cm³/mol. The Morgan fingerprint density at radius 3 is 2.57 bits per heavy atom. The van der Waals surface area contributed by atoms with E-state index in [4.69, 9.17) is 14.7 Å². The highest BCUT2D eigenvalue weighted by atomic mass is 16.5. The summed E-state index contributed by atoms with van der Waals surface area (Å²) in [7, 11) is 0. The van der Waals surface area contributed by atoms with Gasteiger partial charge in [0.05, 0.1) is 38.4 Å². The summed E-state index contributed by atoms with van der Waals surface area (Å²) in [5.74, 6) is 0.294. The van der Waals surface area contributed by atoms with Gasteiger partial charge in [0, 0.05) is 19.5 Å². The number of rotatable bonds is 18. The standard InChI is InChI=1S/C25H44N2O3/c1-2-3-4-11-15-24(30-21-14-18-26)16-12-9-7-5-6-8-10-13-17-25(28)27-19-22-29-23-20-27/h9,12,24H,2-8,10-11,13-17,19-23H2,1H3. The molecule has 1 aliphatic heterocycles. The van der Waals surface area contributed by atoms with Crippen molar-refractivity contribution in [3.8, 4) is 6.07 Å². The van der Waals surface area contributed by atoms with Gasteiger partial charge in [0.1, 0.15) is 0 Å². The highest BCUT2D eigenvalue weighted by Crippen LogP contribution is 2.14. The van der Waals surface area contributed by atoms with E-state index < -0.39 is 0 Å². The van der Waals surface area contributed by atoms with E-state index in [0.29, 0.717) is 38.6 Å². The van der Waals surface area contributed by atoms with E-state index >= 15 is 0 Å². The third-order valence-corrected chi connectivity index (χ3v) is 5.64. The second-order valence-corrected chi connectivity index (χ2v) is 8.26. The maximum absolute atomic E-state index is 12.1. The van der Waals surface area contributed by atoms with Crippen molar-refractivity contribution in [2.75, 3.05) is 32.9 Å². The molecular weight excluding hydrogens is 376 g/mol. The maximum atomic E-state index is 12.1. The summed E-state index contributed by atoms with van der Waals surface area (Å²) in [5, 5.41) is 8.70. The Balaban J connectivity index is 2.01. The largest absolute Gasteiger partial charge is 0.378 e. The zero-order valence-electron chi connectivity index (χ0n) is 19.3. The fourth-order valence-corrected chi connectivity index (χ4v) is 3.74. The minimum Gasteiger partial charge on any atom is -0.378 e. The van der Waals surface area contributed by atoms with Crippen LogP contribution in [0.4, 0.5) is 0 Å². The summed E-state index contributed by atoms with van der Waals surface area (Å²) < 4.78 is 11.2. The van der Waals surface area contributed by atoms with E-state index in [2.05, 4.69) is 25.1 Å². The monoisotopic (exact) mass is 420 g/mol. The SMILES string of the molecule is CCCCCCC(CC=CCCCCCCCC(=O)N1CCOCC1)OCCC#N. The summed E-state index contributed by atoms with van der Waals surface area (Å²) in [6.07, 6.45) is 20.0. The van der Waals surface area contributed by atoms with Crippen LogP contribution in [0.1, 0.15) is 96.8 Å². The summed E-state index contributed by atoms with van der Waals surface area (Å²) in [6.45, 7) is 5.67. The molecule has 0 aromatic carbocycles. The fraction of sp³-hybridized carbons (Fsp3) is 0.840. The van der Waals surface area contributed by atoms with Crippen molar-refractivity contribution in [2.45, 2.75) is 103 Å². The van der Waals surface area contributed by atoms with Gasteiger partial charge in [-0.1, -0.05) is 64.0 Å². The molecule has 0 N–H and O–H groups in total. The van der Waals surface area contributed by atoms with Gasteiger partial charge in [0.2, 0.25) is 5.91 Å². The number of nitriles is 1. The van der Waals surface area contributed by atoms with Crippen LogP contribution in [0.5, 0.6) is 0 Å². The molecule has 1 rings (SSSR count). The molecule has 0 aromatic rings. The zero-order chi connectivity index (χ0) is 21.7. The maximum Gasteiger partial charge on any atom is 0.222 e. The van der Waals surface area contributed by atoms with Crippen molar-refractivity contribution < 1.29 is 14.3 Å². The molecule has 1 heterocycles. The molecule has 1 amide bonds. The summed E-state index contributed by atoms with van der Waals surface area (Å²) in [6, 6.07) is 2.16. The van der Waals surface area contributed by atoms with Gasteiger partial charge < -0.3 is 14.4 Å². The number of ether oxygens (including phenoxy) is 2. The van der Waals surface area contributed by atoms with Crippen molar-refractivity contribution in [1.29, 1.82) is 5.26 Å². The first-order chi connectivity index (χ1) is 14.8. The molecule has 0 aromatic heterocycles. The molecule has 1 unspecified atom stereocenters. The smallest absolute Gasteiger partial charge is 0.222 e. The average molecular weight is 421 g/mol. The van der Waals surface area contributed by atoms with Crippen LogP contribution in [-0.2, 0) is 14.3 Å². The second-order valence-electron chi connectivity index (χ2n) is 8.26. The Labute approximate surface area is 184 Å². The number of unbranched alkanes of at least 4 members (excludes halogenated alkanes) is 8. The number of carbonyl (C=O) groups is 1. The predicted octanol–water partition coefficient (Wildman–Crippen LogP) is 5.79. The van der Waals surface area contributed by atoms with E-state index in [9.17, 15) is 4.79 Å². The Bertz CT molecular complexity index is 481. The quantitative estimate of drug-likeness (QED) is 0.208. The van der Waals surface area contributed by atoms with Crippen molar-refractivity contribution in [3.05, 3.63) is 12.2 Å². The van der Waals surface area contributed by atoms with Crippen LogP contribution in [0, 0.1) is 11.3 Å². The zero-order valence-corrected chi connectivity index (χ0v) is 19.3. The molecule has 1 aliphatic rings. The Kier molecular flexibility index (Phi) is 17.4. The van der Waals surface area contributed by atoms with Crippen LogP contribution in [0.15, 0.2) is 12.2 Å². The molecule has 0 spiro atoms. The third kappa shape index (κ3) is 14.6. The van der Waals surface area contributed by atoms with Crippen molar-refractivity contribution >= 4 is 5.91 Å². The molecule has 0 bridgehead atoms. The molecule has 0 aliphatic carbocycles. The minimum absolute atomic E-state index is 0.260. The van der Waals surface area contributed by atoms with Gasteiger partial charge >= 0.3 is 0 Å². The average Bonchev–Trinajstić information content (AvgIpc) is 2.78. The molecular formula is C25H44N2O3. The molecule has 172 valence electrons. The summed E-state index contributed by atoms with van der Waals surface area (Å²) in [4.78, 5) is 14.0. The Morgan fingerprint density at radius 2 is 1.80 bits per heavy atom. The van der Waals surface area contributed by atoms with Gasteiger partial charge in [-0.2, -0.15) is 5.26 Å². The molecule has 5 heteroatoms. The van der Waals surface area contributed by atoms with Crippen LogP contribution in [0.2, 0.25) is 0 Å². The highest BCUT2D eigenvalue weighted by Gasteiger charge is 2.15. The number of morpholine rings is 1. The summed E-state index contributed by atoms with van der Waals surface area (Å²) in [5.41, 5.74) is 0. The van der Waals surface area contributed by atoms with E-state index in [1.807, 2.05) is 4.90 Å². The molecule has 1 fully saturated rings. The first kappa shape index (κ1) is 26.7. The Morgan fingerprint density at radius 1 is 1.07 bits per heavy atom. The van der Waals surface area contributed by atoms with E-state index in [1.54, 1.807) is 0 Å². The van der Waals surface area contributed by atoms with Crippen LogP contribution in [0.3, 0.4) is 0 Å². The fourth-order valence-electron chi connectivity index (χ4n) is 3.74. The summed E-state index contributed by atoms with van der Waals surface area (Å²) >= 11 is 0.